The number of aryl methyl sites for hydroxylation is 1. The van der Waals surface area contributed by atoms with Crippen molar-refractivity contribution in [2.75, 3.05) is 26.2 Å². The normalized spacial score (nSPS) is 19.0. The summed E-state index contributed by atoms with van der Waals surface area (Å²) in [5, 5.41) is 3.56. The summed E-state index contributed by atoms with van der Waals surface area (Å²) in [6, 6.07) is 0.339. The van der Waals surface area contributed by atoms with E-state index in [-0.39, 0.29) is 0 Å². The Hall–Kier alpha value is -0.870. The number of hydrogen-bond donors (Lipinski definition) is 1. The van der Waals surface area contributed by atoms with Crippen molar-refractivity contribution in [3.05, 3.63) is 18.2 Å². The van der Waals surface area contributed by atoms with E-state index >= 15 is 0 Å². The Kier molecular flexibility index (Phi) is 5.20. The van der Waals surface area contributed by atoms with Gasteiger partial charge in [-0.05, 0) is 52.4 Å². The van der Waals surface area contributed by atoms with Crippen LogP contribution < -0.4 is 5.32 Å². The molecule has 1 aromatic heterocycles. The summed E-state index contributed by atoms with van der Waals surface area (Å²) in [5.41, 5.74) is 0. The number of aromatic nitrogens is 2. The molecule has 1 aromatic rings. The Morgan fingerprint density at radius 1 is 1.33 bits per heavy atom. The Labute approximate surface area is 110 Å². The summed E-state index contributed by atoms with van der Waals surface area (Å²) in [4.78, 5) is 6.97. The second-order valence-electron chi connectivity index (χ2n) is 5.33. The maximum Gasteiger partial charge on any atom is 0.125 e. The van der Waals surface area contributed by atoms with Gasteiger partial charge in [0.2, 0.25) is 0 Å². The van der Waals surface area contributed by atoms with Gasteiger partial charge in [-0.25, -0.2) is 4.98 Å². The van der Waals surface area contributed by atoms with E-state index in [1.54, 1.807) is 0 Å². The van der Waals surface area contributed by atoms with E-state index < -0.39 is 0 Å². The van der Waals surface area contributed by atoms with Gasteiger partial charge < -0.3 is 14.8 Å². The second kappa shape index (κ2) is 6.90. The van der Waals surface area contributed by atoms with Crippen molar-refractivity contribution in [3.63, 3.8) is 0 Å². The Morgan fingerprint density at radius 2 is 2.11 bits per heavy atom. The zero-order chi connectivity index (χ0) is 12.8. The molecule has 4 heteroatoms. The minimum Gasteiger partial charge on any atom is -0.337 e. The highest BCUT2D eigenvalue weighted by Crippen LogP contribution is 2.10. The van der Waals surface area contributed by atoms with Crippen molar-refractivity contribution in [3.8, 4) is 0 Å². The number of piperidine rings is 1. The molecule has 1 atom stereocenters. The van der Waals surface area contributed by atoms with Crippen LogP contribution in [0.25, 0.3) is 0 Å². The Bertz CT molecular complexity index is 341. The standard InChI is InChI=1S/C14H26N4/c1-13(14-16-8-12-17(14)2)15-7-6-11-18-9-4-3-5-10-18/h8,12-13,15H,3-7,9-11H2,1-2H3. The van der Waals surface area contributed by atoms with Crippen LogP contribution in [0.15, 0.2) is 12.4 Å². The minimum absolute atomic E-state index is 0.339. The van der Waals surface area contributed by atoms with Gasteiger partial charge in [0.25, 0.3) is 0 Å². The fraction of sp³-hybridized carbons (Fsp3) is 0.786. The molecule has 102 valence electrons. The topological polar surface area (TPSA) is 33.1 Å². The lowest BCUT2D eigenvalue weighted by atomic mass is 10.1. The molecular formula is C14H26N4. The maximum atomic E-state index is 4.37. The summed E-state index contributed by atoms with van der Waals surface area (Å²) in [7, 11) is 2.05. The van der Waals surface area contributed by atoms with E-state index in [1.807, 2.05) is 19.4 Å². The van der Waals surface area contributed by atoms with Gasteiger partial charge in [-0.3, -0.25) is 0 Å². The fourth-order valence-electron chi connectivity index (χ4n) is 2.69. The Morgan fingerprint density at radius 3 is 2.78 bits per heavy atom. The average molecular weight is 250 g/mol. The molecule has 0 radical (unpaired) electrons. The van der Waals surface area contributed by atoms with Crippen LogP contribution in [0, 0.1) is 0 Å². The molecule has 0 bridgehead atoms. The predicted molar refractivity (Wildman–Crippen MR) is 74.5 cm³/mol. The third kappa shape index (κ3) is 3.82. The third-order valence-corrected chi connectivity index (χ3v) is 3.80. The molecule has 0 aromatic carbocycles. The number of imidazole rings is 1. The average Bonchev–Trinajstić information content (AvgIpc) is 2.82. The van der Waals surface area contributed by atoms with Gasteiger partial charge in [-0.1, -0.05) is 6.42 Å². The summed E-state index contributed by atoms with van der Waals surface area (Å²) >= 11 is 0. The minimum atomic E-state index is 0.339. The quantitative estimate of drug-likeness (QED) is 0.783. The lowest BCUT2D eigenvalue weighted by Gasteiger charge is -2.26. The number of likely N-dealkylation sites (tertiary alicyclic amines) is 1. The first kappa shape index (κ1) is 13.6. The van der Waals surface area contributed by atoms with Gasteiger partial charge >= 0.3 is 0 Å². The number of nitrogens with zero attached hydrogens (tertiary/aromatic N) is 3. The molecular weight excluding hydrogens is 224 g/mol. The molecule has 1 aliphatic heterocycles. The molecule has 2 rings (SSSR count). The van der Waals surface area contributed by atoms with Crippen molar-refractivity contribution < 1.29 is 0 Å². The van der Waals surface area contributed by atoms with Gasteiger partial charge in [-0.15, -0.1) is 0 Å². The van der Waals surface area contributed by atoms with Crippen molar-refractivity contribution >= 4 is 0 Å². The van der Waals surface area contributed by atoms with Crippen LogP contribution in [-0.4, -0.2) is 40.6 Å². The molecule has 1 N–H and O–H groups in total. The van der Waals surface area contributed by atoms with E-state index in [9.17, 15) is 0 Å². The summed E-state index contributed by atoms with van der Waals surface area (Å²) in [6.07, 6.45) is 9.29. The molecule has 4 nitrogen and oxygen atoms in total. The zero-order valence-electron chi connectivity index (χ0n) is 11.7. The van der Waals surface area contributed by atoms with Crippen LogP contribution in [0.4, 0.5) is 0 Å². The predicted octanol–water partition coefficient (Wildman–Crippen LogP) is 1.95. The molecule has 0 aliphatic carbocycles. The van der Waals surface area contributed by atoms with Crippen LogP contribution in [0.3, 0.4) is 0 Å². The van der Waals surface area contributed by atoms with Crippen LogP contribution in [0.5, 0.6) is 0 Å². The SMILES string of the molecule is CC(NCCCN1CCCCC1)c1nccn1C. The van der Waals surface area contributed by atoms with Crippen LogP contribution in [0.2, 0.25) is 0 Å². The third-order valence-electron chi connectivity index (χ3n) is 3.80. The lowest BCUT2D eigenvalue weighted by molar-refractivity contribution is 0.225. The van der Waals surface area contributed by atoms with Crippen molar-refractivity contribution in [1.29, 1.82) is 0 Å². The zero-order valence-corrected chi connectivity index (χ0v) is 11.7. The number of rotatable bonds is 6. The highest BCUT2D eigenvalue weighted by Gasteiger charge is 2.11. The van der Waals surface area contributed by atoms with Crippen LogP contribution >= 0.6 is 0 Å². The van der Waals surface area contributed by atoms with Gasteiger partial charge in [0.15, 0.2) is 0 Å². The number of nitrogens with one attached hydrogen (secondary N) is 1. The molecule has 1 saturated heterocycles. The number of hydrogen-bond acceptors (Lipinski definition) is 3. The van der Waals surface area contributed by atoms with E-state index in [1.165, 1.54) is 45.3 Å². The molecule has 2 heterocycles. The maximum absolute atomic E-state index is 4.37. The molecule has 0 spiro atoms. The highest BCUT2D eigenvalue weighted by atomic mass is 15.1. The fourth-order valence-corrected chi connectivity index (χ4v) is 2.69. The summed E-state index contributed by atoms with van der Waals surface area (Å²) < 4.78 is 2.09. The summed E-state index contributed by atoms with van der Waals surface area (Å²) in [6.45, 7) is 7.10. The molecule has 0 saturated carbocycles. The first-order valence-electron chi connectivity index (χ1n) is 7.20. The van der Waals surface area contributed by atoms with Crippen LogP contribution in [0.1, 0.15) is 44.5 Å². The molecule has 0 amide bonds. The van der Waals surface area contributed by atoms with Crippen molar-refractivity contribution in [1.82, 2.24) is 19.8 Å². The first-order chi connectivity index (χ1) is 8.77. The molecule has 1 unspecified atom stereocenters. The van der Waals surface area contributed by atoms with E-state index in [0.717, 1.165) is 12.4 Å². The van der Waals surface area contributed by atoms with Gasteiger partial charge in [0, 0.05) is 19.4 Å². The smallest absolute Gasteiger partial charge is 0.125 e. The van der Waals surface area contributed by atoms with Crippen LogP contribution in [-0.2, 0) is 7.05 Å². The second-order valence-corrected chi connectivity index (χ2v) is 5.33. The molecule has 1 aliphatic rings. The monoisotopic (exact) mass is 250 g/mol. The molecule has 1 fully saturated rings. The first-order valence-corrected chi connectivity index (χ1v) is 7.20. The van der Waals surface area contributed by atoms with E-state index in [4.69, 9.17) is 0 Å². The van der Waals surface area contributed by atoms with Gasteiger partial charge in [0.05, 0.1) is 6.04 Å². The van der Waals surface area contributed by atoms with Crippen molar-refractivity contribution in [2.45, 2.75) is 38.6 Å². The lowest BCUT2D eigenvalue weighted by Crippen LogP contribution is -2.32. The highest BCUT2D eigenvalue weighted by molar-refractivity contribution is 4.96. The van der Waals surface area contributed by atoms with E-state index in [2.05, 4.69) is 26.7 Å². The van der Waals surface area contributed by atoms with Gasteiger partial charge in [0.1, 0.15) is 5.82 Å². The largest absolute Gasteiger partial charge is 0.337 e. The van der Waals surface area contributed by atoms with Crippen molar-refractivity contribution in [2.24, 2.45) is 7.05 Å². The van der Waals surface area contributed by atoms with E-state index in [0.29, 0.717) is 6.04 Å². The summed E-state index contributed by atoms with van der Waals surface area (Å²) in [5.74, 6) is 1.12. The molecule has 18 heavy (non-hydrogen) atoms. The Balaban J connectivity index is 1.61. The van der Waals surface area contributed by atoms with Gasteiger partial charge in [-0.2, -0.15) is 0 Å².